The van der Waals surface area contributed by atoms with Crippen LogP contribution in [0.4, 0.5) is 0 Å². The van der Waals surface area contributed by atoms with Crippen LogP contribution in [0.1, 0.15) is 28.1 Å². The number of hydrogen-bond donors (Lipinski definition) is 2. The van der Waals surface area contributed by atoms with Crippen LogP contribution in [0, 0.1) is 13.8 Å². The lowest BCUT2D eigenvalue weighted by molar-refractivity contribution is -0.116. The highest BCUT2D eigenvalue weighted by molar-refractivity contribution is 7.88. The first kappa shape index (κ1) is 22.5. The standard InChI is InChI=1S/C23H26N4O3S/c1-17-22(18(2)27(26-17)21-11-5-4-6-12-21)13-14-23(28)25-15-19-9-7-8-10-20(19)16-31(29,30)24-3/h4-14,24H,15-16H2,1-3H3,(H,25,28)/b14-13+. The van der Waals surface area contributed by atoms with Crippen LogP contribution in [0.3, 0.4) is 0 Å². The molecule has 1 amide bonds. The number of rotatable bonds is 8. The Morgan fingerprint density at radius 2 is 1.68 bits per heavy atom. The molecule has 1 aromatic heterocycles. The number of aryl methyl sites for hydroxylation is 1. The third-order valence-corrected chi connectivity index (χ3v) is 6.29. The summed E-state index contributed by atoms with van der Waals surface area (Å²) in [5.41, 5.74) is 5.02. The van der Waals surface area contributed by atoms with E-state index in [1.807, 2.05) is 61.0 Å². The van der Waals surface area contributed by atoms with Gasteiger partial charge in [-0.15, -0.1) is 0 Å². The van der Waals surface area contributed by atoms with Crippen LogP contribution < -0.4 is 10.0 Å². The Labute approximate surface area is 182 Å². The topological polar surface area (TPSA) is 93.1 Å². The van der Waals surface area contributed by atoms with Crippen molar-refractivity contribution >= 4 is 22.0 Å². The highest BCUT2D eigenvalue weighted by atomic mass is 32.2. The average molecular weight is 439 g/mol. The minimum atomic E-state index is -3.40. The SMILES string of the molecule is CNS(=O)(=O)Cc1ccccc1CNC(=O)/C=C/c1c(C)nn(-c2ccccc2)c1C. The normalized spacial score (nSPS) is 11.7. The molecule has 0 saturated carbocycles. The molecule has 0 bridgehead atoms. The van der Waals surface area contributed by atoms with Crippen molar-refractivity contribution in [2.75, 3.05) is 7.05 Å². The highest BCUT2D eigenvalue weighted by Crippen LogP contribution is 2.19. The van der Waals surface area contributed by atoms with Gasteiger partial charge in [0.2, 0.25) is 15.9 Å². The van der Waals surface area contributed by atoms with Gasteiger partial charge in [0.1, 0.15) is 0 Å². The van der Waals surface area contributed by atoms with E-state index in [-0.39, 0.29) is 18.2 Å². The van der Waals surface area contributed by atoms with Crippen LogP contribution in [0.2, 0.25) is 0 Å². The number of para-hydroxylation sites is 1. The number of sulfonamides is 1. The van der Waals surface area contributed by atoms with Crippen molar-refractivity contribution in [3.63, 3.8) is 0 Å². The zero-order valence-corrected chi connectivity index (χ0v) is 18.6. The molecule has 162 valence electrons. The summed E-state index contributed by atoms with van der Waals surface area (Å²) < 4.78 is 27.9. The molecule has 1 heterocycles. The second-order valence-corrected chi connectivity index (χ2v) is 9.04. The van der Waals surface area contributed by atoms with E-state index in [2.05, 4.69) is 15.1 Å². The van der Waals surface area contributed by atoms with Gasteiger partial charge >= 0.3 is 0 Å². The van der Waals surface area contributed by atoms with Crippen molar-refractivity contribution in [2.24, 2.45) is 0 Å². The maximum absolute atomic E-state index is 12.4. The van der Waals surface area contributed by atoms with Gasteiger partial charge in [-0.2, -0.15) is 5.10 Å². The Morgan fingerprint density at radius 1 is 1.03 bits per heavy atom. The Bertz CT molecular complexity index is 1200. The molecule has 0 aliphatic heterocycles. The van der Waals surface area contributed by atoms with Gasteiger partial charge < -0.3 is 5.32 Å². The summed E-state index contributed by atoms with van der Waals surface area (Å²) in [6.45, 7) is 4.10. The number of aromatic nitrogens is 2. The fourth-order valence-electron chi connectivity index (χ4n) is 3.26. The largest absolute Gasteiger partial charge is 0.348 e. The van der Waals surface area contributed by atoms with Crippen LogP contribution >= 0.6 is 0 Å². The highest BCUT2D eigenvalue weighted by Gasteiger charge is 2.13. The Morgan fingerprint density at radius 3 is 2.35 bits per heavy atom. The van der Waals surface area contributed by atoms with Gasteiger partial charge in [0.25, 0.3) is 0 Å². The molecular formula is C23H26N4O3S. The van der Waals surface area contributed by atoms with Crippen molar-refractivity contribution in [1.29, 1.82) is 0 Å². The third-order valence-electron chi connectivity index (χ3n) is 4.98. The molecule has 7 nitrogen and oxygen atoms in total. The number of nitrogens with zero attached hydrogens (tertiary/aromatic N) is 2. The van der Waals surface area contributed by atoms with Crippen molar-refractivity contribution < 1.29 is 13.2 Å². The minimum absolute atomic E-state index is 0.136. The fourth-order valence-corrected chi connectivity index (χ4v) is 4.10. The van der Waals surface area contributed by atoms with E-state index in [9.17, 15) is 13.2 Å². The van der Waals surface area contributed by atoms with Gasteiger partial charge in [0.15, 0.2) is 0 Å². The van der Waals surface area contributed by atoms with Crippen LogP contribution in [-0.2, 0) is 27.1 Å². The predicted octanol–water partition coefficient (Wildman–Crippen LogP) is 2.87. The lowest BCUT2D eigenvalue weighted by Gasteiger charge is -2.10. The zero-order valence-electron chi connectivity index (χ0n) is 17.8. The maximum Gasteiger partial charge on any atom is 0.244 e. The summed E-state index contributed by atoms with van der Waals surface area (Å²) in [4.78, 5) is 12.4. The molecule has 0 radical (unpaired) electrons. The molecule has 0 atom stereocenters. The van der Waals surface area contributed by atoms with E-state index in [1.54, 1.807) is 18.2 Å². The first-order valence-electron chi connectivity index (χ1n) is 9.86. The van der Waals surface area contributed by atoms with Gasteiger partial charge in [0.05, 0.1) is 17.1 Å². The second-order valence-electron chi connectivity index (χ2n) is 7.11. The summed E-state index contributed by atoms with van der Waals surface area (Å²) in [6, 6.07) is 17.0. The molecule has 3 rings (SSSR count). The van der Waals surface area contributed by atoms with Crippen LogP contribution in [0.5, 0.6) is 0 Å². The van der Waals surface area contributed by atoms with Crippen molar-refractivity contribution in [2.45, 2.75) is 26.1 Å². The average Bonchev–Trinajstić information content (AvgIpc) is 3.05. The molecule has 2 N–H and O–H groups in total. The van der Waals surface area contributed by atoms with Crippen molar-refractivity contribution in [3.05, 3.63) is 88.8 Å². The Hall–Kier alpha value is -3.23. The van der Waals surface area contributed by atoms with Gasteiger partial charge in [-0.1, -0.05) is 42.5 Å². The molecule has 2 aromatic carbocycles. The van der Waals surface area contributed by atoms with Gasteiger partial charge in [0, 0.05) is 23.9 Å². The number of nitrogens with one attached hydrogen (secondary N) is 2. The lowest BCUT2D eigenvalue weighted by Crippen LogP contribution is -2.24. The third kappa shape index (κ3) is 5.68. The van der Waals surface area contributed by atoms with Crippen molar-refractivity contribution in [1.82, 2.24) is 19.8 Å². The van der Waals surface area contributed by atoms with Crippen LogP contribution in [0.25, 0.3) is 11.8 Å². The van der Waals surface area contributed by atoms with Gasteiger partial charge in [-0.05, 0) is 50.2 Å². The molecule has 8 heteroatoms. The summed E-state index contributed by atoms with van der Waals surface area (Å²) in [7, 11) is -2.01. The van der Waals surface area contributed by atoms with Crippen LogP contribution in [0.15, 0.2) is 60.7 Å². The van der Waals surface area contributed by atoms with Gasteiger partial charge in [-0.25, -0.2) is 17.8 Å². The van der Waals surface area contributed by atoms with Crippen molar-refractivity contribution in [3.8, 4) is 5.69 Å². The molecular weight excluding hydrogens is 412 g/mol. The smallest absolute Gasteiger partial charge is 0.244 e. The molecule has 31 heavy (non-hydrogen) atoms. The van der Waals surface area contributed by atoms with E-state index in [0.29, 0.717) is 5.56 Å². The monoisotopic (exact) mass is 438 g/mol. The van der Waals surface area contributed by atoms with E-state index < -0.39 is 10.0 Å². The maximum atomic E-state index is 12.4. The number of carbonyl (C=O) groups excluding carboxylic acids is 1. The van der Waals surface area contributed by atoms with Crippen LogP contribution in [-0.4, -0.2) is 31.2 Å². The minimum Gasteiger partial charge on any atom is -0.348 e. The summed E-state index contributed by atoms with van der Waals surface area (Å²) in [5, 5.41) is 7.40. The second kappa shape index (κ2) is 9.72. The first-order chi connectivity index (χ1) is 14.8. The number of benzene rings is 2. The molecule has 0 aliphatic carbocycles. The molecule has 0 aliphatic rings. The van der Waals surface area contributed by atoms with E-state index in [0.717, 1.165) is 28.2 Å². The predicted molar refractivity (Wildman–Crippen MR) is 122 cm³/mol. The quantitative estimate of drug-likeness (QED) is 0.529. The first-order valence-corrected chi connectivity index (χ1v) is 11.5. The Balaban J connectivity index is 1.70. The molecule has 0 fully saturated rings. The number of amides is 1. The molecule has 0 spiro atoms. The summed E-state index contributed by atoms with van der Waals surface area (Å²) >= 11 is 0. The zero-order chi connectivity index (χ0) is 22.4. The molecule has 3 aromatic rings. The molecule has 0 unspecified atom stereocenters. The van der Waals surface area contributed by atoms with E-state index in [4.69, 9.17) is 0 Å². The van der Waals surface area contributed by atoms with E-state index >= 15 is 0 Å². The number of hydrogen-bond acceptors (Lipinski definition) is 4. The fraction of sp³-hybridized carbons (Fsp3) is 0.217. The summed E-state index contributed by atoms with van der Waals surface area (Å²) in [6.07, 6.45) is 3.23. The lowest BCUT2D eigenvalue weighted by atomic mass is 10.1. The molecule has 0 saturated heterocycles. The number of carbonyl (C=O) groups is 1. The Kier molecular flexibility index (Phi) is 7.04. The van der Waals surface area contributed by atoms with E-state index in [1.165, 1.54) is 13.1 Å². The summed E-state index contributed by atoms with van der Waals surface area (Å²) in [5.74, 6) is -0.403. The van der Waals surface area contributed by atoms with Gasteiger partial charge in [-0.3, -0.25) is 4.79 Å².